The number of aromatic nitrogens is 2. The molecule has 0 aliphatic carbocycles. The second-order valence-electron chi connectivity index (χ2n) is 4.51. The summed E-state index contributed by atoms with van der Waals surface area (Å²) in [6.45, 7) is 0.138. The lowest BCUT2D eigenvalue weighted by Gasteiger charge is -2.04. The summed E-state index contributed by atoms with van der Waals surface area (Å²) in [5.41, 5.74) is 1.63. The predicted molar refractivity (Wildman–Crippen MR) is 87.1 cm³/mol. The van der Waals surface area contributed by atoms with Crippen molar-refractivity contribution in [3.8, 4) is 5.75 Å². The smallest absolute Gasteiger partial charge is 0.406 e. The van der Waals surface area contributed by atoms with Gasteiger partial charge in [0.1, 0.15) is 12.8 Å². The molecule has 8 heteroatoms. The van der Waals surface area contributed by atoms with Crippen LogP contribution < -0.4 is 10.1 Å². The van der Waals surface area contributed by atoms with Gasteiger partial charge in [-0.15, -0.1) is 11.3 Å². The van der Waals surface area contributed by atoms with E-state index in [1.807, 2.05) is 35.7 Å². The fraction of sp³-hybridized carbons (Fsp3) is 0.0667. The molecule has 0 amide bonds. The molecule has 0 saturated heterocycles. The number of hydrogen-bond donors (Lipinski definition) is 1. The number of pyridine rings is 1. The number of benzene rings is 1. The molecule has 3 rings (SSSR count). The van der Waals surface area contributed by atoms with Gasteiger partial charge in [-0.3, -0.25) is 0 Å². The zero-order valence-corrected chi connectivity index (χ0v) is 12.7. The zero-order chi connectivity index (χ0) is 16.1. The van der Waals surface area contributed by atoms with Crippen molar-refractivity contribution in [2.75, 3.05) is 5.32 Å². The highest BCUT2D eigenvalue weighted by Crippen LogP contribution is 2.25. The van der Waals surface area contributed by atoms with Crippen molar-refractivity contribution in [2.45, 2.75) is 6.61 Å². The van der Waals surface area contributed by atoms with Gasteiger partial charge in [0.05, 0.1) is 5.69 Å². The maximum Gasteiger partial charge on any atom is 0.406 e. The monoisotopic (exact) mass is 328 g/mol. The summed E-state index contributed by atoms with van der Waals surface area (Å²) in [5, 5.41) is 16.6. The Labute approximate surface area is 135 Å². The molecule has 0 bridgehead atoms. The molecule has 2 heterocycles. The SMILES string of the molecule is O=[N+]([O-])c1ncccc1OCc1csc(Nc2ccccc2)n1. The summed E-state index contributed by atoms with van der Waals surface area (Å²) in [7, 11) is 0. The normalized spacial score (nSPS) is 10.3. The third-order valence-electron chi connectivity index (χ3n) is 2.88. The lowest BCUT2D eigenvalue weighted by molar-refractivity contribution is -0.390. The number of para-hydroxylation sites is 1. The Hall–Kier alpha value is -3.00. The summed E-state index contributed by atoms with van der Waals surface area (Å²) in [4.78, 5) is 18.4. The van der Waals surface area contributed by atoms with Gasteiger partial charge in [-0.05, 0) is 34.2 Å². The Bertz CT molecular complexity index is 807. The van der Waals surface area contributed by atoms with Crippen LogP contribution in [0.1, 0.15) is 5.69 Å². The van der Waals surface area contributed by atoms with Crippen molar-refractivity contribution in [2.24, 2.45) is 0 Å². The van der Waals surface area contributed by atoms with E-state index < -0.39 is 4.92 Å². The van der Waals surface area contributed by atoms with Crippen LogP contribution in [0.15, 0.2) is 54.0 Å². The van der Waals surface area contributed by atoms with Crippen LogP contribution >= 0.6 is 11.3 Å². The molecule has 1 N–H and O–H groups in total. The van der Waals surface area contributed by atoms with Crippen molar-refractivity contribution in [3.05, 3.63) is 69.8 Å². The van der Waals surface area contributed by atoms with E-state index in [2.05, 4.69) is 15.3 Å². The van der Waals surface area contributed by atoms with Gasteiger partial charge in [0.2, 0.25) is 5.75 Å². The fourth-order valence-electron chi connectivity index (χ4n) is 1.86. The van der Waals surface area contributed by atoms with E-state index in [0.29, 0.717) is 5.69 Å². The molecule has 2 aromatic heterocycles. The topological polar surface area (TPSA) is 90.2 Å². The Morgan fingerprint density at radius 2 is 2.04 bits per heavy atom. The van der Waals surface area contributed by atoms with Gasteiger partial charge in [-0.25, -0.2) is 4.98 Å². The van der Waals surface area contributed by atoms with Gasteiger partial charge in [0.25, 0.3) is 0 Å². The van der Waals surface area contributed by atoms with Crippen LogP contribution in [0, 0.1) is 10.1 Å². The van der Waals surface area contributed by atoms with Crippen molar-refractivity contribution in [1.82, 2.24) is 9.97 Å². The lowest BCUT2D eigenvalue weighted by atomic mass is 10.3. The van der Waals surface area contributed by atoms with Crippen LogP contribution in [-0.2, 0) is 6.61 Å². The van der Waals surface area contributed by atoms with E-state index in [-0.39, 0.29) is 18.2 Å². The molecular formula is C15H12N4O3S. The number of nitrogens with zero attached hydrogens (tertiary/aromatic N) is 3. The third-order valence-corrected chi connectivity index (χ3v) is 3.68. The minimum atomic E-state index is -0.571. The molecule has 7 nitrogen and oxygen atoms in total. The van der Waals surface area contributed by atoms with Crippen LogP contribution in [-0.4, -0.2) is 14.9 Å². The van der Waals surface area contributed by atoms with Crippen molar-refractivity contribution >= 4 is 28.0 Å². The Kier molecular flexibility index (Phi) is 4.44. The molecule has 0 spiro atoms. The molecule has 0 aliphatic rings. The average molecular weight is 328 g/mol. The molecule has 1 aromatic carbocycles. The standard InChI is InChI=1S/C15H12N4O3S/c20-19(21)14-13(7-4-8-16-14)22-9-12-10-23-15(18-12)17-11-5-2-1-3-6-11/h1-8,10H,9H2,(H,17,18). The van der Waals surface area contributed by atoms with Crippen LogP contribution in [0.3, 0.4) is 0 Å². The first-order valence-corrected chi connectivity index (χ1v) is 7.59. The first-order chi connectivity index (χ1) is 11.2. The number of hydrogen-bond acceptors (Lipinski definition) is 7. The van der Waals surface area contributed by atoms with Crippen molar-refractivity contribution in [3.63, 3.8) is 0 Å². The van der Waals surface area contributed by atoms with E-state index >= 15 is 0 Å². The summed E-state index contributed by atoms with van der Waals surface area (Å²) in [6, 6.07) is 12.8. The number of rotatable bonds is 6. The van der Waals surface area contributed by atoms with E-state index in [1.165, 1.54) is 23.6 Å². The van der Waals surface area contributed by atoms with Gasteiger partial charge >= 0.3 is 5.82 Å². The van der Waals surface area contributed by atoms with E-state index in [1.54, 1.807) is 6.07 Å². The summed E-state index contributed by atoms with van der Waals surface area (Å²) in [6.07, 6.45) is 1.36. The van der Waals surface area contributed by atoms with E-state index in [9.17, 15) is 10.1 Å². The van der Waals surface area contributed by atoms with Gasteiger partial charge in [0.15, 0.2) is 5.13 Å². The minimum absolute atomic E-state index is 0.128. The highest BCUT2D eigenvalue weighted by Gasteiger charge is 2.16. The molecule has 0 unspecified atom stereocenters. The molecule has 116 valence electrons. The number of ether oxygens (including phenoxy) is 1. The first-order valence-electron chi connectivity index (χ1n) is 6.71. The number of nitrogens with one attached hydrogen (secondary N) is 1. The molecule has 0 aliphatic heterocycles. The Morgan fingerprint density at radius 3 is 2.83 bits per heavy atom. The van der Waals surface area contributed by atoms with Gasteiger partial charge < -0.3 is 20.2 Å². The largest absolute Gasteiger partial charge is 0.479 e. The van der Waals surface area contributed by atoms with Gasteiger partial charge in [0, 0.05) is 11.1 Å². The van der Waals surface area contributed by atoms with Crippen LogP contribution in [0.5, 0.6) is 5.75 Å². The Morgan fingerprint density at radius 1 is 1.22 bits per heavy atom. The summed E-state index contributed by atoms with van der Waals surface area (Å²) < 4.78 is 5.46. The third kappa shape index (κ3) is 3.80. The molecule has 0 saturated carbocycles. The van der Waals surface area contributed by atoms with Crippen molar-refractivity contribution < 1.29 is 9.66 Å². The zero-order valence-electron chi connectivity index (χ0n) is 11.9. The Balaban J connectivity index is 1.65. The second kappa shape index (κ2) is 6.84. The average Bonchev–Trinajstić information content (AvgIpc) is 3.01. The molecular weight excluding hydrogens is 316 g/mol. The highest BCUT2D eigenvalue weighted by molar-refractivity contribution is 7.13. The van der Waals surface area contributed by atoms with Crippen LogP contribution in [0.4, 0.5) is 16.6 Å². The maximum atomic E-state index is 10.9. The molecule has 0 fully saturated rings. The fourth-order valence-corrected chi connectivity index (χ4v) is 2.57. The first kappa shape index (κ1) is 14.9. The van der Waals surface area contributed by atoms with Gasteiger partial charge in [-0.1, -0.05) is 18.2 Å². The van der Waals surface area contributed by atoms with Crippen LogP contribution in [0.2, 0.25) is 0 Å². The van der Waals surface area contributed by atoms with Gasteiger partial charge in [-0.2, -0.15) is 0 Å². The second-order valence-corrected chi connectivity index (χ2v) is 5.36. The predicted octanol–water partition coefficient (Wildman–Crippen LogP) is 3.77. The molecule has 3 aromatic rings. The highest BCUT2D eigenvalue weighted by atomic mass is 32.1. The van der Waals surface area contributed by atoms with E-state index in [4.69, 9.17) is 4.74 Å². The van der Waals surface area contributed by atoms with Crippen LogP contribution in [0.25, 0.3) is 0 Å². The minimum Gasteiger partial charge on any atom is -0.479 e. The summed E-state index contributed by atoms with van der Waals surface area (Å²) in [5.74, 6) is -0.173. The summed E-state index contributed by atoms with van der Waals surface area (Å²) >= 11 is 1.44. The number of thiazole rings is 1. The molecule has 0 atom stereocenters. The lowest BCUT2D eigenvalue weighted by Crippen LogP contribution is -2.01. The molecule has 23 heavy (non-hydrogen) atoms. The van der Waals surface area contributed by atoms with E-state index in [0.717, 1.165) is 10.8 Å². The number of nitro groups is 1. The molecule has 0 radical (unpaired) electrons. The number of anilines is 2. The maximum absolute atomic E-state index is 10.9. The van der Waals surface area contributed by atoms with Crippen molar-refractivity contribution in [1.29, 1.82) is 0 Å². The quantitative estimate of drug-likeness (QED) is 0.547.